The molecular formula is C18H16ClN7O. The molecule has 4 rings (SSSR count). The van der Waals surface area contributed by atoms with Gasteiger partial charge in [-0.25, -0.2) is 14.6 Å². The van der Waals surface area contributed by atoms with Gasteiger partial charge in [0, 0.05) is 18.4 Å². The second kappa shape index (κ2) is 7.16. The molecule has 4 aromatic rings. The molecular weight excluding hydrogens is 366 g/mol. The molecule has 3 aromatic heterocycles. The number of halogens is 1. The summed E-state index contributed by atoms with van der Waals surface area (Å²) >= 11 is 5.65. The zero-order valence-electron chi connectivity index (χ0n) is 14.5. The second-order valence-electron chi connectivity index (χ2n) is 5.90. The van der Waals surface area contributed by atoms with Gasteiger partial charge in [0.05, 0.1) is 23.0 Å². The average Bonchev–Trinajstić information content (AvgIpc) is 3.26. The van der Waals surface area contributed by atoms with E-state index in [9.17, 15) is 4.79 Å². The van der Waals surface area contributed by atoms with Gasteiger partial charge in [-0.05, 0) is 19.1 Å². The highest BCUT2D eigenvalue weighted by molar-refractivity contribution is 6.19. The number of rotatable bonds is 5. The fourth-order valence-corrected chi connectivity index (χ4v) is 2.97. The number of aryl methyl sites for hydroxylation is 1. The van der Waals surface area contributed by atoms with E-state index in [2.05, 4.69) is 25.5 Å². The number of amides is 1. The van der Waals surface area contributed by atoms with Crippen molar-refractivity contribution in [2.45, 2.75) is 13.3 Å². The Morgan fingerprint density at radius 3 is 2.78 bits per heavy atom. The number of alkyl halides is 1. The SMILES string of the molecule is Cc1cc(NC(=O)CCCl)n(-c2ncnc3c2cnn3-c2ccccc2)n1. The summed E-state index contributed by atoms with van der Waals surface area (Å²) in [6, 6.07) is 11.5. The maximum Gasteiger partial charge on any atom is 0.226 e. The molecule has 0 aliphatic heterocycles. The van der Waals surface area contributed by atoms with E-state index >= 15 is 0 Å². The largest absolute Gasteiger partial charge is 0.310 e. The van der Waals surface area contributed by atoms with E-state index in [1.54, 1.807) is 21.6 Å². The van der Waals surface area contributed by atoms with E-state index in [-0.39, 0.29) is 18.2 Å². The molecule has 0 radical (unpaired) electrons. The van der Waals surface area contributed by atoms with Gasteiger partial charge in [-0.3, -0.25) is 4.79 Å². The molecule has 0 saturated carbocycles. The lowest BCUT2D eigenvalue weighted by Gasteiger charge is -2.08. The minimum absolute atomic E-state index is 0.184. The predicted octanol–water partition coefficient (Wildman–Crippen LogP) is 2.88. The van der Waals surface area contributed by atoms with E-state index in [1.807, 2.05) is 37.3 Å². The van der Waals surface area contributed by atoms with Gasteiger partial charge >= 0.3 is 0 Å². The summed E-state index contributed by atoms with van der Waals surface area (Å²) in [4.78, 5) is 20.7. The predicted molar refractivity (Wildman–Crippen MR) is 102 cm³/mol. The van der Waals surface area contributed by atoms with Crippen LogP contribution in [0.3, 0.4) is 0 Å². The summed E-state index contributed by atoms with van der Waals surface area (Å²) in [6.45, 7) is 1.85. The van der Waals surface area contributed by atoms with Crippen LogP contribution in [0, 0.1) is 6.92 Å². The van der Waals surface area contributed by atoms with Gasteiger partial charge in [-0.15, -0.1) is 11.6 Å². The summed E-state index contributed by atoms with van der Waals surface area (Å²) in [5, 5.41) is 12.5. The number of nitrogens with zero attached hydrogens (tertiary/aromatic N) is 6. The minimum atomic E-state index is -0.184. The van der Waals surface area contributed by atoms with E-state index < -0.39 is 0 Å². The summed E-state index contributed by atoms with van der Waals surface area (Å²) in [7, 11) is 0. The molecule has 1 N–H and O–H groups in total. The molecule has 0 aliphatic carbocycles. The van der Waals surface area contributed by atoms with Gasteiger partial charge in [0.1, 0.15) is 12.1 Å². The van der Waals surface area contributed by atoms with Gasteiger partial charge in [-0.2, -0.15) is 14.9 Å². The molecule has 0 fully saturated rings. The van der Waals surface area contributed by atoms with Gasteiger partial charge in [0.25, 0.3) is 0 Å². The van der Waals surface area contributed by atoms with Crippen molar-refractivity contribution in [1.29, 1.82) is 0 Å². The molecule has 0 atom stereocenters. The third-order valence-electron chi connectivity index (χ3n) is 3.97. The maximum absolute atomic E-state index is 12.0. The van der Waals surface area contributed by atoms with Crippen LogP contribution >= 0.6 is 11.6 Å². The summed E-state index contributed by atoms with van der Waals surface area (Å²) in [5.41, 5.74) is 2.29. The van der Waals surface area contributed by atoms with Crippen LogP contribution in [0.1, 0.15) is 12.1 Å². The smallest absolute Gasteiger partial charge is 0.226 e. The Morgan fingerprint density at radius 2 is 2.00 bits per heavy atom. The standard InChI is InChI=1S/C18H16ClN7O/c1-12-9-15(23-16(27)7-8-19)26(24-12)18-14-10-22-25(17(14)20-11-21-18)13-5-3-2-4-6-13/h2-6,9-11H,7-8H2,1H3,(H,23,27). The van der Waals surface area contributed by atoms with Gasteiger partial charge in [0.15, 0.2) is 11.5 Å². The summed E-state index contributed by atoms with van der Waals surface area (Å²) in [6.07, 6.45) is 3.37. The molecule has 3 heterocycles. The topological polar surface area (TPSA) is 90.5 Å². The molecule has 136 valence electrons. The lowest BCUT2D eigenvalue weighted by molar-refractivity contribution is -0.115. The number of hydrogen-bond acceptors (Lipinski definition) is 5. The van der Waals surface area contributed by atoms with Crippen molar-refractivity contribution in [2.24, 2.45) is 0 Å². The number of anilines is 1. The Bertz CT molecular complexity index is 1100. The lowest BCUT2D eigenvalue weighted by atomic mass is 10.3. The number of para-hydroxylation sites is 1. The number of carbonyl (C=O) groups is 1. The molecule has 0 saturated heterocycles. The monoisotopic (exact) mass is 381 g/mol. The Kier molecular flexibility index (Phi) is 4.55. The maximum atomic E-state index is 12.0. The van der Waals surface area contributed by atoms with Crippen LogP contribution in [0.5, 0.6) is 0 Å². The number of nitrogens with one attached hydrogen (secondary N) is 1. The van der Waals surface area contributed by atoms with Crippen molar-refractivity contribution in [2.75, 3.05) is 11.2 Å². The molecule has 0 unspecified atom stereocenters. The molecule has 27 heavy (non-hydrogen) atoms. The van der Waals surface area contributed by atoms with E-state index in [4.69, 9.17) is 11.6 Å². The van der Waals surface area contributed by atoms with Crippen LogP contribution in [-0.2, 0) is 4.79 Å². The second-order valence-corrected chi connectivity index (χ2v) is 6.27. The average molecular weight is 382 g/mol. The zero-order chi connectivity index (χ0) is 18.8. The first-order chi connectivity index (χ1) is 13.2. The Labute approximate surface area is 159 Å². The highest BCUT2D eigenvalue weighted by Crippen LogP contribution is 2.24. The first-order valence-electron chi connectivity index (χ1n) is 8.34. The van der Waals surface area contributed by atoms with Gasteiger partial charge < -0.3 is 5.32 Å². The lowest BCUT2D eigenvalue weighted by Crippen LogP contribution is -2.15. The summed E-state index contributed by atoms with van der Waals surface area (Å²) < 4.78 is 3.32. The van der Waals surface area contributed by atoms with Gasteiger partial charge in [-0.1, -0.05) is 18.2 Å². The highest BCUT2D eigenvalue weighted by atomic mass is 35.5. The molecule has 9 heteroatoms. The van der Waals surface area contributed by atoms with Crippen LogP contribution in [0.25, 0.3) is 22.5 Å². The number of fused-ring (bicyclic) bond motifs is 1. The zero-order valence-corrected chi connectivity index (χ0v) is 15.3. The first kappa shape index (κ1) is 17.2. The quantitative estimate of drug-likeness (QED) is 0.537. The van der Waals surface area contributed by atoms with Crippen LogP contribution in [0.4, 0.5) is 5.82 Å². The van der Waals surface area contributed by atoms with E-state index in [0.29, 0.717) is 17.3 Å². The fraction of sp³-hybridized carbons (Fsp3) is 0.167. The number of carbonyl (C=O) groups excluding carboxylic acids is 1. The van der Waals surface area contributed by atoms with Crippen molar-refractivity contribution >= 4 is 34.4 Å². The van der Waals surface area contributed by atoms with Crippen molar-refractivity contribution in [3.63, 3.8) is 0 Å². The third kappa shape index (κ3) is 3.26. The highest BCUT2D eigenvalue weighted by Gasteiger charge is 2.17. The van der Waals surface area contributed by atoms with Crippen molar-refractivity contribution in [1.82, 2.24) is 29.5 Å². The van der Waals surface area contributed by atoms with Crippen molar-refractivity contribution < 1.29 is 4.79 Å². The molecule has 1 aromatic carbocycles. The van der Waals surface area contributed by atoms with E-state index in [1.165, 1.54) is 6.33 Å². The van der Waals surface area contributed by atoms with Gasteiger partial charge in [0.2, 0.25) is 5.91 Å². The van der Waals surface area contributed by atoms with Crippen molar-refractivity contribution in [3.05, 3.63) is 54.6 Å². The number of hydrogen-bond donors (Lipinski definition) is 1. The Hall–Kier alpha value is -3.26. The Balaban J connectivity index is 1.82. The fourth-order valence-electron chi connectivity index (χ4n) is 2.80. The van der Waals surface area contributed by atoms with Crippen LogP contribution in [-0.4, -0.2) is 41.3 Å². The number of aromatic nitrogens is 6. The molecule has 8 nitrogen and oxygen atoms in total. The number of benzene rings is 1. The normalized spacial score (nSPS) is 11.0. The molecule has 1 amide bonds. The van der Waals surface area contributed by atoms with Crippen LogP contribution in [0.15, 0.2) is 48.9 Å². The Morgan fingerprint density at radius 1 is 1.19 bits per heavy atom. The molecule has 0 aliphatic rings. The van der Waals surface area contributed by atoms with Crippen LogP contribution < -0.4 is 5.32 Å². The molecule has 0 bridgehead atoms. The van der Waals surface area contributed by atoms with E-state index in [0.717, 1.165) is 16.8 Å². The summed E-state index contributed by atoms with van der Waals surface area (Å²) in [5.74, 6) is 1.13. The first-order valence-corrected chi connectivity index (χ1v) is 8.88. The van der Waals surface area contributed by atoms with Crippen LogP contribution in [0.2, 0.25) is 0 Å². The molecule has 0 spiro atoms. The third-order valence-corrected chi connectivity index (χ3v) is 4.16. The minimum Gasteiger partial charge on any atom is -0.310 e. The van der Waals surface area contributed by atoms with Crippen molar-refractivity contribution in [3.8, 4) is 11.5 Å².